The number of hydrogen-bond acceptors (Lipinski definition) is 5. The number of rotatable bonds is 7. The smallest absolute Gasteiger partial charge is 0.249 e. The van der Waals surface area contributed by atoms with Gasteiger partial charge in [0, 0.05) is 12.0 Å². The molecule has 1 saturated carbocycles. The van der Waals surface area contributed by atoms with Gasteiger partial charge < -0.3 is 25.7 Å². The maximum Gasteiger partial charge on any atom is 0.249 e. The molecular formula is C19H29NO5. The van der Waals surface area contributed by atoms with Crippen molar-refractivity contribution in [3.8, 4) is 5.75 Å². The van der Waals surface area contributed by atoms with Gasteiger partial charge in [-0.1, -0.05) is 26.0 Å². The second kappa shape index (κ2) is 8.65. The Morgan fingerprint density at radius 3 is 2.24 bits per heavy atom. The van der Waals surface area contributed by atoms with E-state index in [1.165, 1.54) is 0 Å². The van der Waals surface area contributed by atoms with E-state index in [9.17, 15) is 25.2 Å². The van der Waals surface area contributed by atoms with Crippen LogP contribution in [0.5, 0.6) is 5.75 Å². The molecule has 1 amide bonds. The second-order valence-electron chi connectivity index (χ2n) is 7.42. The summed E-state index contributed by atoms with van der Waals surface area (Å²) in [5, 5.41) is 42.7. The highest BCUT2D eigenvalue weighted by Crippen LogP contribution is 2.31. The molecule has 1 aromatic carbocycles. The van der Waals surface area contributed by atoms with E-state index in [0.717, 1.165) is 5.56 Å². The van der Waals surface area contributed by atoms with Crippen molar-refractivity contribution in [2.24, 2.45) is 11.8 Å². The highest BCUT2D eigenvalue weighted by atomic mass is 16.3. The molecule has 1 fully saturated rings. The summed E-state index contributed by atoms with van der Waals surface area (Å²) in [7, 11) is 0. The minimum absolute atomic E-state index is 0.151. The zero-order valence-electron chi connectivity index (χ0n) is 14.8. The fraction of sp³-hybridized carbons (Fsp3) is 0.632. The fourth-order valence-corrected chi connectivity index (χ4v) is 3.52. The van der Waals surface area contributed by atoms with Gasteiger partial charge in [0.1, 0.15) is 11.9 Å². The van der Waals surface area contributed by atoms with Crippen LogP contribution >= 0.6 is 0 Å². The lowest BCUT2D eigenvalue weighted by atomic mass is 9.88. The molecule has 5 N–H and O–H groups in total. The molecule has 0 bridgehead atoms. The average molecular weight is 351 g/mol. The molecule has 140 valence electrons. The number of carbonyl (C=O) groups excluding carboxylic acids is 1. The monoisotopic (exact) mass is 351 g/mol. The lowest BCUT2D eigenvalue weighted by Gasteiger charge is -2.30. The van der Waals surface area contributed by atoms with Crippen LogP contribution in [0.3, 0.4) is 0 Å². The molecule has 0 heterocycles. The third kappa shape index (κ3) is 5.42. The predicted molar refractivity (Wildman–Crippen MR) is 93.9 cm³/mol. The van der Waals surface area contributed by atoms with Crippen molar-refractivity contribution in [3.63, 3.8) is 0 Å². The molecule has 0 aromatic heterocycles. The van der Waals surface area contributed by atoms with Crippen LogP contribution in [0.25, 0.3) is 0 Å². The SMILES string of the molecule is CC(C)CC(O)C(=O)N[C@@H](Cc1ccc(O)cc1)C1C(O)CCC1O. The Morgan fingerprint density at radius 1 is 1.16 bits per heavy atom. The van der Waals surface area contributed by atoms with E-state index >= 15 is 0 Å². The highest BCUT2D eigenvalue weighted by Gasteiger charge is 2.40. The summed E-state index contributed by atoms with van der Waals surface area (Å²) in [5.41, 5.74) is 0.868. The van der Waals surface area contributed by atoms with Crippen LogP contribution in [0.2, 0.25) is 0 Å². The molecule has 1 aromatic rings. The molecule has 0 aliphatic heterocycles. The van der Waals surface area contributed by atoms with E-state index in [0.29, 0.717) is 25.7 Å². The van der Waals surface area contributed by atoms with Gasteiger partial charge in [0.25, 0.3) is 0 Å². The molecule has 3 unspecified atom stereocenters. The lowest BCUT2D eigenvalue weighted by molar-refractivity contribution is -0.131. The van der Waals surface area contributed by atoms with E-state index in [2.05, 4.69) is 5.32 Å². The molecule has 6 heteroatoms. The minimum Gasteiger partial charge on any atom is -0.508 e. The Balaban J connectivity index is 2.14. The number of aromatic hydroxyl groups is 1. The number of hydrogen-bond donors (Lipinski definition) is 5. The number of nitrogens with one attached hydrogen (secondary N) is 1. The predicted octanol–water partition coefficient (Wildman–Crippen LogP) is 0.958. The van der Waals surface area contributed by atoms with Gasteiger partial charge in [-0.05, 0) is 49.3 Å². The van der Waals surface area contributed by atoms with Gasteiger partial charge in [-0.2, -0.15) is 0 Å². The van der Waals surface area contributed by atoms with Gasteiger partial charge in [-0.3, -0.25) is 4.79 Å². The van der Waals surface area contributed by atoms with Gasteiger partial charge in [0.2, 0.25) is 5.91 Å². The van der Waals surface area contributed by atoms with Gasteiger partial charge in [0.15, 0.2) is 0 Å². The number of phenolic OH excluding ortho intramolecular Hbond substituents is 1. The summed E-state index contributed by atoms with van der Waals surface area (Å²) in [5.74, 6) is -0.635. The van der Waals surface area contributed by atoms with Crippen LogP contribution in [0.15, 0.2) is 24.3 Å². The van der Waals surface area contributed by atoms with E-state index in [4.69, 9.17) is 0 Å². The fourth-order valence-electron chi connectivity index (χ4n) is 3.52. The van der Waals surface area contributed by atoms with E-state index in [-0.39, 0.29) is 11.7 Å². The maximum absolute atomic E-state index is 12.3. The first-order valence-electron chi connectivity index (χ1n) is 8.90. The van der Waals surface area contributed by atoms with Crippen LogP contribution in [0.1, 0.15) is 38.7 Å². The first-order chi connectivity index (χ1) is 11.8. The molecule has 0 spiro atoms. The van der Waals surface area contributed by atoms with Gasteiger partial charge in [-0.15, -0.1) is 0 Å². The van der Waals surface area contributed by atoms with Crippen molar-refractivity contribution >= 4 is 5.91 Å². The van der Waals surface area contributed by atoms with Crippen molar-refractivity contribution < 1.29 is 25.2 Å². The van der Waals surface area contributed by atoms with E-state index in [1.54, 1.807) is 24.3 Å². The number of aliphatic hydroxyl groups is 3. The lowest BCUT2D eigenvalue weighted by Crippen LogP contribution is -2.50. The zero-order valence-corrected chi connectivity index (χ0v) is 14.8. The summed E-state index contributed by atoms with van der Waals surface area (Å²) in [4.78, 5) is 12.3. The molecule has 4 atom stereocenters. The van der Waals surface area contributed by atoms with Crippen LogP contribution in [0.4, 0.5) is 0 Å². The van der Waals surface area contributed by atoms with Crippen molar-refractivity contribution in [2.75, 3.05) is 0 Å². The summed E-state index contributed by atoms with van der Waals surface area (Å²) in [6.45, 7) is 3.85. The first-order valence-corrected chi connectivity index (χ1v) is 8.90. The summed E-state index contributed by atoms with van der Waals surface area (Å²) < 4.78 is 0. The van der Waals surface area contributed by atoms with Crippen molar-refractivity contribution in [3.05, 3.63) is 29.8 Å². The normalized spacial score (nSPS) is 25.8. The number of amides is 1. The maximum atomic E-state index is 12.3. The van der Waals surface area contributed by atoms with Crippen molar-refractivity contribution in [1.82, 2.24) is 5.32 Å². The quantitative estimate of drug-likeness (QED) is 0.503. The number of carbonyl (C=O) groups is 1. The van der Waals surface area contributed by atoms with E-state index in [1.807, 2.05) is 13.8 Å². The topological polar surface area (TPSA) is 110 Å². The van der Waals surface area contributed by atoms with Crippen LogP contribution in [-0.2, 0) is 11.2 Å². The van der Waals surface area contributed by atoms with Gasteiger partial charge in [-0.25, -0.2) is 0 Å². The van der Waals surface area contributed by atoms with E-state index < -0.39 is 36.2 Å². The second-order valence-corrected chi connectivity index (χ2v) is 7.42. The largest absolute Gasteiger partial charge is 0.508 e. The summed E-state index contributed by atoms with van der Waals surface area (Å²) in [6, 6.07) is 6.11. The molecule has 2 rings (SSSR count). The molecule has 1 aliphatic carbocycles. The first kappa shape index (κ1) is 19.7. The Labute approximate surface area is 148 Å². The standard InChI is InChI=1S/C19H29NO5/c1-11(2)9-17(24)19(25)20-14(18-15(22)7-8-16(18)23)10-12-3-5-13(21)6-4-12/h3-6,11,14-18,21-24H,7-10H2,1-2H3,(H,20,25)/t14-,15?,16?,17?,18?/m0/s1. The molecule has 0 saturated heterocycles. The van der Waals surface area contributed by atoms with Crippen molar-refractivity contribution in [2.45, 2.75) is 63.9 Å². The number of benzene rings is 1. The third-order valence-corrected chi connectivity index (χ3v) is 4.83. The number of phenols is 1. The van der Waals surface area contributed by atoms with Gasteiger partial charge in [0.05, 0.1) is 12.2 Å². The molecule has 6 nitrogen and oxygen atoms in total. The zero-order chi connectivity index (χ0) is 18.6. The molecule has 1 aliphatic rings. The third-order valence-electron chi connectivity index (χ3n) is 4.83. The van der Waals surface area contributed by atoms with Crippen molar-refractivity contribution in [1.29, 1.82) is 0 Å². The molecule has 25 heavy (non-hydrogen) atoms. The molecule has 0 radical (unpaired) electrons. The summed E-state index contributed by atoms with van der Waals surface area (Å²) in [6.07, 6.45) is -0.769. The Morgan fingerprint density at radius 2 is 1.72 bits per heavy atom. The summed E-state index contributed by atoms with van der Waals surface area (Å²) >= 11 is 0. The minimum atomic E-state index is -1.11. The Hall–Kier alpha value is -1.63. The average Bonchev–Trinajstić information content (AvgIpc) is 2.87. The molecular weight excluding hydrogens is 322 g/mol. The highest BCUT2D eigenvalue weighted by molar-refractivity contribution is 5.80. The Bertz CT molecular complexity index is 549. The van der Waals surface area contributed by atoms with Gasteiger partial charge >= 0.3 is 0 Å². The van der Waals surface area contributed by atoms with Crippen LogP contribution in [0, 0.1) is 11.8 Å². The Kier molecular flexibility index (Phi) is 6.81. The van der Waals surface area contributed by atoms with Crippen LogP contribution < -0.4 is 5.32 Å². The number of aliphatic hydroxyl groups excluding tert-OH is 3. The van der Waals surface area contributed by atoms with Crippen LogP contribution in [-0.4, -0.2) is 50.7 Å².